The van der Waals surface area contributed by atoms with Gasteiger partial charge in [-0.3, -0.25) is 4.79 Å². The Morgan fingerprint density at radius 1 is 1.40 bits per heavy atom. The molecule has 4 nitrogen and oxygen atoms in total. The second-order valence-corrected chi connectivity index (χ2v) is 5.86. The molecule has 0 radical (unpaired) electrons. The minimum atomic E-state index is -1.29. The Kier molecular flexibility index (Phi) is 4.04. The Balaban J connectivity index is 2.52. The van der Waals surface area contributed by atoms with Gasteiger partial charge in [0.2, 0.25) is 0 Å². The van der Waals surface area contributed by atoms with Gasteiger partial charge in [-0.25, -0.2) is 0 Å². The van der Waals surface area contributed by atoms with Crippen molar-refractivity contribution >= 4 is 5.97 Å². The Morgan fingerprint density at radius 3 is 2.65 bits per heavy atom. The van der Waals surface area contributed by atoms with Crippen LogP contribution in [0.5, 0.6) is 5.75 Å². The summed E-state index contributed by atoms with van der Waals surface area (Å²) in [5.74, 6) is -1.13. The molecule has 0 fully saturated rings. The van der Waals surface area contributed by atoms with Gasteiger partial charge in [-0.15, -0.1) is 0 Å². The van der Waals surface area contributed by atoms with Crippen molar-refractivity contribution in [3.63, 3.8) is 0 Å². The molecule has 0 saturated carbocycles. The Morgan fingerprint density at radius 2 is 2.10 bits per heavy atom. The van der Waals surface area contributed by atoms with Gasteiger partial charge in [0, 0.05) is 0 Å². The van der Waals surface area contributed by atoms with Crippen LogP contribution in [-0.2, 0) is 16.8 Å². The van der Waals surface area contributed by atoms with E-state index >= 15 is 0 Å². The standard InChI is InChI=1S/C16H22O4/c1-10(2)14(15(17)18)16(19)8-4-5-11-9-12(20-3)6-7-13(11)16/h6-7,9-10,14,19H,4-5,8H2,1-3H3,(H,17,18). The third kappa shape index (κ3) is 2.40. The lowest BCUT2D eigenvalue weighted by atomic mass is 9.68. The van der Waals surface area contributed by atoms with Crippen LogP contribution in [-0.4, -0.2) is 23.3 Å². The van der Waals surface area contributed by atoms with E-state index in [9.17, 15) is 15.0 Å². The summed E-state index contributed by atoms with van der Waals surface area (Å²) in [6.07, 6.45) is 2.12. The van der Waals surface area contributed by atoms with Crippen molar-refractivity contribution in [2.75, 3.05) is 7.11 Å². The number of ether oxygens (including phenoxy) is 1. The quantitative estimate of drug-likeness (QED) is 0.888. The number of aryl methyl sites for hydroxylation is 1. The maximum Gasteiger partial charge on any atom is 0.310 e. The van der Waals surface area contributed by atoms with Crippen LogP contribution in [0.2, 0.25) is 0 Å². The molecule has 0 spiro atoms. The molecule has 0 aliphatic heterocycles. The number of carbonyl (C=O) groups is 1. The number of benzene rings is 1. The van der Waals surface area contributed by atoms with Gasteiger partial charge in [0.25, 0.3) is 0 Å². The first-order valence-electron chi connectivity index (χ1n) is 7.02. The molecule has 0 bridgehead atoms. The van der Waals surface area contributed by atoms with Gasteiger partial charge < -0.3 is 14.9 Å². The number of carboxylic acid groups (broad SMARTS) is 1. The van der Waals surface area contributed by atoms with Crippen molar-refractivity contribution in [2.24, 2.45) is 11.8 Å². The van der Waals surface area contributed by atoms with Gasteiger partial charge in [-0.2, -0.15) is 0 Å². The van der Waals surface area contributed by atoms with Crippen molar-refractivity contribution in [1.29, 1.82) is 0 Å². The summed E-state index contributed by atoms with van der Waals surface area (Å²) in [6, 6.07) is 5.50. The highest BCUT2D eigenvalue weighted by molar-refractivity contribution is 5.72. The summed E-state index contributed by atoms with van der Waals surface area (Å²) in [7, 11) is 1.60. The summed E-state index contributed by atoms with van der Waals surface area (Å²) in [5, 5.41) is 20.6. The summed E-state index contributed by atoms with van der Waals surface area (Å²) in [4.78, 5) is 11.6. The SMILES string of the molecule is COc1ccc2c(c1)CCCC2(O)C(C(=O)O)C(C)C. The molecule has 0 aromatic heterocycles. The zero-order chi connectivity index (χ0) is 14.9. The maximum absolute atomic E-state index is 11.6. The highest BCUT2D eigenvalue weighted by Gasteiger charge is 2.47. The molecule has 2 unspecified atom stereocenters. The molecule has 110 valence electrons. The monoisotopic (exact) mass is 278 g/mol. The average molecular weight is 278 g/mol. The molecule has 2 atom stereocenters. The van der Waals surface area contributed by atoms with Crippen LogP contribution < -0.4 is 4.74 Å². The lowest BCUT2D eigenvalue weighted by molar-refractivity contribution is -0.158. The van der Waals surface area contributed by atoms with Crippen molar-refractivity contribution in [3.05, 3.63) is 29.3 Å². The highest BCUT2D eigenvalue weighted by atomic mass is 16.5. The molecule has 1 aromatic rings. The molecule has 1 aliphatic carbocycles. The summed E-state index contributed by atoms with van der Waals surface area (Å²) in [5.41, 5.74) is 0.440. The van der Waals surface area contributed by atoms with E-state index in [0.29, 0.717) is 6.42 Å². The topological polar surface area (TPSA) is 66.8 Å². The van der Waals surface area contributed by atoms with Gasteiger partial charge >= 0.3 is 5.97 Å². The molecular formula is C16H22O4. The third-order valence-electron chi connectivity index (χ3n) is 4.23. The Hall–Kier alpha value is -1.55. The first-order valence-corrected chi connectivity index (χ1v) is 7.02. The van der Waals surface area contributed by atoms with E-state index < -0.39 is 17.5 Å². The van der Waals surface area contributed by atoms with E-state index in [2.05, 4.69) is 0 Å². The molecule has 20 heavy (non-hydrogen) atoms. The minimum absolute atomic E-state index is 0.134. The van der Waals surface area contributed by atoms with Gasteiger partial charge in [0.15, 0.2) is 0 Å². The lowest BCUT2D eigenvalue weighted by Crippen LogP contribution is -2.45. The van der Waals surface area contributed by atoms with E-state index in [1.165, 1.54) is 0 Å². The van der Waals surface area contributed by atoms with Gasteiger partial charge in [0.05, 0.1) is 13.0 Å². The van der Waals surface area contributed by atoms with E-state index in [-0.39, 0.29) is 5.92 Å². The first-order chi connectivity index (χ1) is 9.40. The van der Waals surface area contributed by atoms with Gasteiger partial charge in [-0.05, 0) is 48.4 Å². The number of fused-ring (bicyclic) bond motifs is 1. The van der Waals surface area contributed by atoms with E-state index in [1.54, 1.807) is 13.2 Å². The van der Waals surface area contributed by atoms with Crippen molar-refractivity contribution in [3.8, 4) is 5.75 Å². The average Bonchev–Trinajstić information content (AvgIpc) is 2.37. The largest absolute Gasteiger partial charge is 0.497 e. The molecule has 2 rings (SSSR count). The fourth-order valence-electron chi connectivity index (χ4n) is 3.37. The number of aliphatic carboxylic acids is 1. The fourth-order valence-corrected chi connectivity index (χ4v) is 3.37. The van der Waals surface area contributed by atoms with Crippen molar-refractivity contribution in [1.82, 2.24) is 0 Å². The van der Waals surface area contributed by atoms with Crippen LogP contribution in [0.4, 0.5) is 0 Å². The van der Waals surface area contributed by atoms with Crippen LogP contribution in [0, 0.1) is 11.8 Å². The smallest absolute Gasteiger partial charge is 0.310 e. The van der Waals surface area contributed by atoms with E-state index in [1.807, 2.05) is 26.0 Å². The molecule has 4 heteroatoms. The molecule has 1 aliphatic rings. The molecular weight excluding hydrogens is 256 g/mol. The number of carboxylic acids is 1. The van der Waals surface area contributed by atoms with Crippen molar-refractivity contribution in [2.45, 2.75) is 38.7 Å². The lowest BCUT2D eigenvalue weighted by Gasteiger charge is -2.40. The van der Waals surface area contributed by atoms with Crippen LogP contribution in [0.1, 0.15) is 37.8 Å². The predicted molar refractivity (Wildman–Crippen MR) is 75.8 cm³/mol. The number of aliphatic hydroxyl groups is 1. The van der Waals surface area contributed by atoms with E-state index in [0.717, 1.165) is 29.7 Å². The number of hydrogen-bond acceptors (Lipinski definition) is 3. The van der Waals surface area contributed by atoms with Crippen molar-refractivity contribution < 1.29 is 19.7 Å². The second kappa shape index (κ2) is 5.44. The Labute approximate surface area is 119 Å². The molecule has 2 N–H and O–H groups in total. The van der Waals surface area contributed by atoms with Gasteiger partial charge in [-0.1, -0.05) is 19.9 Å². The van der Waals surface area contributed by atoms with E-state index in [4.69, 9.17) is 4.74 Å². The number of methoxy groups -OCH3 is 1. The summed E-state index contributed by atoms with van der Waals surface area (Å²) < 4.78 is 5.21. The van der Waals surface area contributed by atoms with Crippen LogP contribution in [0.15, 0.2) is 18.2 Å². The highest BCUT2D eigenvalue weighted by Crippen LogP contribution is 2.44. The van der Waals surface area contributed by atoms with Gasteiger partial charge in [0.1, 0.15) is 11.4 Å². The summed E-state index contributed by atoms with van der Waals surface area (Å²) >= 11 is 0. The van der Waals surface area contributed by atoms with Crippen LogP contribution in [0.3, 0.4) is 0 Å². The predicted octanol–water partition coefficient (Wildman–Crippen LogP) is 2.58. The number of hydrogen-bond donors (Lipinski definition) is 2. The maximum atomic E-state index is 11.6. The molecule has 0 saturated heterocycles. The zero-order valence-electron chi connectivity index (χ0n) is 12.2. The van der Waals surface area contributed by atoms with Crippen LogP contribution in [0.25, 0.3) is 0 Å². The fraction of sp³-hybridized carbons (Fsp3) is 0.562. The third-order valence-corrected chi connectivity index (χ3v) is 4.23. The number of rotatable bonds is 4. The first kappa shape index (κ1) is 14.9. The zero-order valence-corrected chi connectivity index (χ0v) is 12.2. The molecule has 1 aromatic carbocycles. The minimum Gasteiger partial charge on any atom is -0.497 e. The Bertz CT molecular complexity index is 509. The molecule has 0 heterocycles. The van der Waals surface area contributed by atoms with Crippen LogP contribution >= 0.6 is 0 Å². The second-order valence-electron chi connectivity index (χ2n) is 5.86. The molecule has 0 amide bonds. The normalized spacial score (nSPS) is 23.2. The summed E-state index contributed by atoms with van der Waals surface area (Å²) in [6.45, 7) is 3.68.